The van der Waals surface area contributed by atoms with Crippen LogP contribution >= 0.6 is 0 Å². The quantitative estimate of drug-likeness (QED) is 0.819. The van der Waals surface area contributed by atoms with Crippen LogP contribution in [0, 0.1) is 17.8 Å². The Hall–Kier alpha value is -1.64. The number of Topliss-reactive ketones (excluding diaryl/α,β-unsaturated/α-hetero) is 1. The zero-order valence-corrected chi connectivity index (χ0v) is 10.2. The normalized spacial score (nSPS) is 30.1. The van der Waals surface area contributed by atoms with Crippen LogP contribution in [0.2, 0.25) is 0 Å². The summed E-state index contributed by atoms with van der Waals surface area (Å²) in [7, 11) is 0. The predicted molar refractivity (Wildman–Crippen MR) is 69.4 cm³/mol. The first-order chi connectivity index (χ1) is 8.86. The van der Waals surface area contributed by atoms with Crippen LogP contribution in [0.15, 0.2) is 24.7 Å². The maximum absolute atomic E-state index is 12.6. The first kappa shape index (κ1) is 10.3. The zero-order valence-electron chi connectivity index (χ0n) is 10.2. The van der Waals surface area contributed by atoms with Gasteiger partial charge < -0.3 is 4.98 Å². The maximum atomic E-state index is 12.6. The fraction of sp³-hybridized carbons (Fsp3) is 0.467. The molecular weight excluding hydrogens is 224 g/mol. The highest BCUT2D eigenvalue weighted by atomic mass is 16.1. The second-order valence-corrected chi connectivity index (χ2v) is 5.63. The lowest BCUT2D eigenvalue weighted by Crippen LogP contribution is -2.03. The number of pyridine rings is 1. The molecule has 2 aliphatic carbocycles. The molecule has 3 nitrogen and oxygen atoms in total. The van der Waals surface area contributed by atoms with E-state index in [4.69, 9.17) is 0 Å². The van der Waals surface area contributed by atoms with E-state index in [9.17, 15) is 4.79 Å². The first-order valence-electron chi connectivity index (χ1n) is 6.81. The van der Waals surface area contributed by atoms with E-state index in [1.165, 1.54) is 25.7 Å². The van der Waals surface area contributed by atoms with Crippen LogP contribution < -0.4 is 0 Å². The van der Waals surface area contributed by atoms with Crippen molar-refractivity contribution in [2.24, 2.45) is 17.8 Å². The van der Waals surface area contributed by atoms with Gasteiger partial charge in [-0.1, -0.05) is 12.8 Å². The Morgan fingerprint density at radius 3 is 2.83 bits per heavy atom. The standard InChI is InChI=1S/C15H16N2O/c18-15(14-9-3-1-2-4-10(9)14)12-8-17-13-5-6-16-7-11(12)13/h5-10,14,17H,1-4H2. The molecule has 4 rings (SSSR count). The highest BCUT2D eigenvalue weighted by Gasteiger charge is 2.54. The molecule has 0 saturated heterocycles. The predicted octanol–water partition coefficient (Wildman–Crippen LogP) is 3.18. The number of hydrogen-bond acceptors (Lipinski definition) is 2. The molecule has 2 atom stereocenters. The van der Waals surface area contributed by atoms with Crippen molar-refractivity contribution in [1.29, 1.82) is 0 Å². The van der Waals surface area contributed by atoms with Crippen LogP contribution in [0.3, 0.4) is 0 Å². The van der Waals surface area contributed by atoms with Crippen molar-refractivity contribution in [2.45, 2.75) is 25.7 Å². The number of carbonyl (C=O) groups is 1. The van der Waals surface area contributed by atoms with Crippen LogP contribution in [0.4, 0.5) is 0 Å². The Kier molecular flexibility index (Phi) is 2.10. The van der Waals surface area contributed by atoms with Crippen LogP contribution in [0.25, 0.3) is 10.9 Å². The van der Waals surface area contributed by atoms with Crippen LogP contribution in [-0.2, 0) is 0 Å². The van der Waals surface area contributed by atoms with E-state index in [1.54, 1.807) is 12.4 Å². The van der Waals surface area contributed by atoms with E-state index in [2.05, 4.69) is 9.97 Å². The Morgan fingerprint density at radius 2 is 2.06 bits per heavy atom. The largest absolute Gasteiger partial charge is 0.360 e. The summed E-state index contributed by atoms with van der Waals surface area (Å²) in [6.07, 6.45) is 10.5. The number of carbonyl (C=O) groups excluding carboxylic acids is 1. The number of nitrogens with zero attached hydrogens (tertiary/aromatic N) is 1. The molecule has 2 unspecified atom stereocenters. The molecule has 3 heteroatoms. The molecule has 0 radical (unpaired) electrons. The molecule has 2 aromatic heterocycles. The molecule has 2 fully saturated rings. The zero-order chi connectivity index (χ0) is 12.1. The lowest BCUT2D eigenvalue weighted by Gasteiger charge is -2.04. The van der Waals surface area contributed by atoms with Gasteiger partial charge in [0.2, 0.25) is 0 Å². The Morgan fingerprint density at radius 1 is 1.28 bits per heavy atom. The molecule has 0 bridgehead atoms. The number of fused-ring (bicyclic) bond motifs is 2. The van der Waals surface area contributed by atoms with Gasteiger partial charge in [-0.05, 0) is 30.7 Å². The number of rotatable bonds is 2. The summed E-state index contributed by atoms with van der Waals surface area (Å²) in [5, 5.41) is 0.978. The molecule has 0 spiro atoms. The van der Waals surface area contributed by atoms with E-state index < -0.39 is 0 Å². The summed E-state index contributed by atoms with van der Waals surface area (Å²) in [4.78, 5) is 19.9. The van der Waals surface area contributed by atoms with Gasteiger partial charge in [-0.15, -0.1) is 0 Å². The minimum Gasteiger partial charge on any atom is -0.360 e. The van der Waals surface area contributed by atoms with Crippen molar-refractivity contribution < 1.29 is 4.79 Å². The minimum atomic E-state index is 0.298. The molecular formula is C15H16N2O. The van der Waals surface area contributed by atoms with Gasteiger partial charge in [0.05, 0.1) is 0 Å². The Balaban J connectivity index is 1.69. The summed E-state index contributed by atoms with van der Waals surface area (Å²) in [5.74, 6) is 1.98. The van der Waals surface area contributed by atoms with E-state index in [0.717, 1.165) is 16.5 Å². The number of H-pyrrole nitrogens is 1. The lowest BCUT2D eigenvalue weighted by atomic mass is 10.0. The molecule has 0 amide bonds. The number of nitrogens with one attached hydrogen (secondary N) is 1. The average molecular weight is 240 g/mol. The van der Waals surface area contributed by atoms with Crippen molar-refractivity contribution >= 4 is 16.7 Å². The summed E-state index contributed by atoms with van der Waals surface area (Å²) in [6, 6.07) is 1.92. The average Bonchev–Trinajstić information content (AvgIpc) is 2.99. The SMILES string of the molecule is O=C(c1c[nH]c2ccncc12)C1C2CCCCC21. The van der Waals surface area contributed by atoms with E-state index in [0.29, 0.717) is 23.5 Å². The number of ketones is 1. The van der Waals surface area contributed by atoms with Gasteiger partial charge in [0.15, 0.2) is 5.78 Å². The van der Waals surface area contributed by atoms with Gasteiger partial charge in [-0.2, -0.15) is 0 Å². The second-order valence-electron chi connectivity index (χ2n) is 5.63. The number of aromatic nitrogens is 2. The third kappa shape index (κ3) is 1.36. The van der Waals surface area contributed by atoms with Crippen LogP contribution in [0.1, 0.15) is 36.0 Å². The molecule has 2 saturated carbocycles. The molecule has 2 aromatic rings. The third-order valence-corrected chi connectivity index (χ3v) is 4.71. The summed E-state index contributed by atoms with van der Waals surface area (Å²) in [5.41, 5.74) is 1.86. The molecule has 2 aliphatic rings. The third-order valence-electron chi connectivity index (χ3n) is 4.71. The lowest BCUT2D eigenvalue weighted by molar-refractivity contribution is 0.0958. The number of aromatic amines is 1. The van der Waals surface area contributed by atoms with Gasteiger partial charge >= 0.3 is 0 Å². The molecule has 18 heavy (non-hydrogen) atoms. The molecule has 0 aliphatic heterocycles. The van der Waals surface area contributed by atoms with E-state index in [1.807, 2.05) is 12.3 Å². The monoisotopic (exact) mass is 240 g/mol. The summed E-state index contributed by atoms with van der Waals surface area (Å²) >= 11 is 0. The van der Waals surface area contributed by atoms with Gasteiger partial charge in [0.1, 0.15) is 0 Å². The van der Waals surface area contributed by atoms with Crippen molar-refractivity contribution in [3.05, 3.63) is 30.2 Å². The van der Waals surface area contributed by atoms with Crippen molar-refractivity contribution in [3.63, 3.8) is 0 Å². The Labute approximate surface area is 106 Å². The highest BCUT2D eigenvalue weighted by molar-refractivity contribution is 6.09. The minimum absolute atomic E-state index is 0.298. The van der Waals surface area contributed by atoms with E-state index in [-0.39, 0.29) is 0 Å². The van der Waals surface area contributed by atoms with Gasteiger partial charge in [0.25, 0.3) is 0 Å². The van der Waals surface area contributed by atoms with Crippen molar-refractivity contribution in [2.75, 3.05) is 0 Å². The Bertz CT molecular complexity index is 604. The fourth-order valence-electron chi connectivity index (χ4n) is 3.73. The topological polar surface area (TPSA) is 45.8 Å². The summed E-state index contributed by atoms with van der Waals surface area (Å²) < 4.78 is 0. The van der Waals surface area contributed by atoms with Crippen molar-refractivity contribution in [1.82, 2.24) is 9.97 Å². The van der Waals surface area contributed by atoms with Crippen LogP contribution in [0.5, 0.6) is 0 Å². The van der Waals surface area contributed by atoms with Crippen LogP contribution in [-0.4, -0.2) is 15.8 Å². The van der Waals surface area contributed by atoms with E-state index >= 15 is 0 Å². The molecule has 1 N–H and O–H groups in total. The highest BCUT2D eigenvalue weighted by Crippen LogP contribution is 2.56. The van der Waals surface area contributed by atoms with Crippen molar-refractivity contribution in [3.8, 4) is 0 Å². The molecule has 92 valence electrons. The van der Waals surface area contributed by atoms with Gasteiger partial charge in [-0.25, -0.2) is 0 Å². The smallest absolute Gasteiger partial charge is 0.168 e. The van der Waals surface area contributed by atoms with Gasteiger partial charge in [-0.3, -0.25) is 9.78 Å². The van der Waals surface area contributed by atoms with Gasteiger partial charge in [0, 0.05) is 41.0 Å². The maximum Gasteiger partial charge on any atom is 0.168 e. The number of hydrogen-bond donors (Lipinski definition) is 1. The second kappa shape index (κ2) is 3.67. The molecule has 2 heterocycles. The first-order valence-corrected chi connectivity index (χ1v) is 6.81. The summed E-state index contributed by atoms with van der Waals surface area (Å²) in [6.45, 7) is 0. The fourth-order valence-corrected chi connectivity index (χ4v) is 3.73. The molecule has 0 aromatic carbocycles.